The van der Waals surface area contributed by atoms with Crippen LogP contribution < -0.4 is 0 Å². The molecule has 1 atom stereocenters. The Bertz CT molecular complexity index is 489. The lowest BCUT2D eigenvalue weighted by atomic mass is 9.95. The van der Waals surface area contributed by atoms with Crippen LogP contribution in [0, 0.1) is 5.92 Å². The van der Waals surface area contributed by atoms with Crippen LogP contribution >= 0.6 is 0 Å². The van der Waals surface area contributed by atoms with Crippen LogP contribution in [0.25, 0.3) is 0 Å². The van der Waals surface area contributed by atoms with Gasteiger partial charge < -0.3 is 9.64 Å². The molecule has 1 aliphatic heterocycles. The Hall–Kier alpha value is -2.17. The summed E-state index contributed by atoms with van der Waals surface area (Å²) in [5.74, 6) is -2.89. The summed E-state index contributed by atoms with van der Waals surface area (Å²) in [5.41, 5.74) is 0.966. The lowest BCUT2D eigenvalue weighted by molar-refractivity contribution is -0.160. The molecule has 1 fully saturated rings. The number of carbonyl (C=O) groups excluding carboxylic acids is 3. The molecule has 0 aromatic heterocycles. The first-order chi connectivity index (χ1) is 9.13. The molecule has 1 heterocycles. The Morgan fingerprint density at radius 3 is 2.63 bits per heavy atom. The maximum absolute atomic E-state index is 12.1. The van der Waals surface area contributed by atoms with E-state index in [0.29, 0.717) is 13.1 Å². The highest BCUT2D eigenvalue weighted by molar-refractivity contribution is 6.17. The Morgan fingerprint density at radius 2 is 2.00 bits per heavy atom. The number of piperidine rings is 1. The average molecular weight is 261 g/mol. The summed E-state index contributed by atoms with van der Waals surface area (Å²) < 4.78 is 4.52. The van der Waals surface area contributed by atoms with Gasteiger partial charge in [-0.1, -0.05) is 30.3 Å². The van der Waals surface area contributed by atoms with Crippen molar-refractivity contribution < 1.29 is 19.1 Å². The first-order valence-electron chi connectivity index (χ1n) is 6.06. The highest BCUT2D eigenvalue weighted by Gasteiger charge is 2.41. The Balaban J connectivity index is 2.13. The number of ether oxygens (including phenoxy) is 1. The number of hydrogen-bond acceptors (Lipinski definition) is 4. The monoisotopic (exact) mass is 261 g/mol. The summed E-state index contributed by atoms with van der Waals surface area (Å²) in [5, 5.41) is 0. The molecule has 19 heavy (non-hydrogen) atoms. The van der Waals surface area contributed by atoms with E-state index in [2.05, 4.69) is 4.74 Å². The molecule has 0 spiro atoms. The topological polar surface area (TPSA) is 63.7 Å². The van der Waals surface area contributed by atoms with Crippen LogP contribution in [0.3, 0.4) is 0 Å². The number of amides is 1. The normalized spacial score (nSPS) is 19.4. The molecule has 0 saturated carbocycles. The average Bonchev–Trinajstić information content (AvgIpc) is 2.43. The van der Waals surface area contributed by atoms with Crippen molar-refractivity contribution >= 4 is 17.7 Å². The van der Waals surface area contributed by atoms with E-state index < -0.39 is 17.8 Å². The van der Waals surface area contributed by atoms with Gasteiger partial charge in [0.1, 0.15) is 0 Å². The fourth-order valence-electron chi connectivity index (χ4n) is 2.13. The predicted molar refractivity (Wildman–Crippen MR) is 67.0 cm³/mol. The quantitative estimate of drug-likeness (QED) is 0.595. The van der Waals surface area contributed by atoms with Gasteiger partial charge in [0.25, 0.3) is 0 Å². The number of methoxy groups -OCH3 is 1. The number of ketones is 1. The highest BCUT2D eigenvalue weighted by Crippen LogP contribution is 2.18. The van der Waals surface area contributed by atoms with Crippen molar-refractivity contribution in [2.24, 2.45) is 5.92 Å². The number of nitrogens with zero attached hydrogens (tertiary/aromatic N) is 1. The van der Waals surface area contributed by atoms with Crippen molar-refractivity contribution in [2.45, 2.75) is 13.0 Å². The number of Topliss-reactive ketones (excluding diaryl/α,β-unsaturated/α-hetero) is 1. The Kier molecular flexibility index (Phi) is 3.94. The first kappa shape index (κ1) is 13.3. The van der Waals surface area contributed by atoms with Gasteiger partial charge in [-0.2, -0.15) is 0 Å². The van der Waals surface area contributed by atoms with Crippen LogP contribution in [-0.4, -0.2) is 36.2 Å². The minimum Gasteiger partial charge on any atom is -0.468 e. The number of carbonyl (C=O) groups is 3. The fourth-order valence-corrected chi connectivity index (χ4v) is 2.13. The third-order valence-electron chi connectivity index (χ3n) is 3.16. The van der Waals surface area contributed by atoms with E-state index in [1.54, 1.807) is 0 Å². The van der Waals surface area contributed by atoms with Gasteiger partial charge >= 0.3 is 5.97 Å². The van der Waals surface area contributed by atoms with Crippen LogP contribution in [0.15, 0.2) is 30.3 Å². The second kappa shape index (κ2) is 5.65. The molecule has 0 N–H and O–H groups in total. The Labute approximate surface area is 111 Å². The first-order valence-corrected chi connectivity index (χ1v) is 6.06. The minimum absolute atomic E-state index is 0.193. The molecule has 0 bridgehead atoms. The predicted octanol–water partition coefficient (Wildman–Crippen LogP) is 0.777. The number of esters is 1. The molecule has 0 radical (unpaired) electrons. The Morgan fingerprint density at radius 1 is 1.32 bits per heavy atom. The summed E-state index contributed by atoms with van der Waals surface area (Å²) in [6.07, 6.45) is 0.193. The molecule has 1 amide bonds. The maximum atomic E-state index is 12.1. The van der Waals surface area contributed by atoms with Crippen molar-refractivity contribution in [3.05, 3.63) is 35.9 Å². The van der Waals surface area contributed by atoms with E-state index in [0.717, 1.165) is 5.56 Å². The number of benzene rings is 1. The zero-order valence-corrected chi connectivity index (χ0v) is 10.7. The molecule has 2 rings (SSSR count). The van der Waals surface area contributed by atoms with E-state index in [9.17, 15) is 14.4 Å². The molecule has 5 nitrogen and oxygen atoms in total. The zero-order valence-electron chi connectivity index (χ0n) is 10.7. The summed E-state index contributed by atoms with van der Waals surface area (Å²) in [4.78, 5) is 36.8. The lowest BCUT2D eigenvalue weighted by Crippen LogP contribution is -2.49. The number of rotatable bonds is 3. The molecule has 0 unspecified atom stereocenters. The second-order valence-corrected chi connectivity index (χ2v) is 4.42. The van der Waals surface area contributed by atoms with Gasteiger partial charge in [-0.05, 0) is 5.56 Å². The summed E-state index contributed by atoms with van der Waals surface area (Å²) in [6, 6.07) is 9.45. The van der Waals surface area contributed by atoms with Crippen molar-refractivity contribution in [1.29, 1.82) is 0 Å². The van der Waals surface area contributed by atoms with E-state index in [-0.39, 0.29) is 12.2 Å². The molecular formula is C14H15NO4. The summed E-state index contributed by atoms with van der Waals surface area (Å²) in [6.45, 7) is 0.750. The van der Waals surface area contributed by atoms with Gasteiger partial charge in [0.05, 0.1) is 7.11 Å². The molecule has 5 heteroatoms. The highest BCUT2D eigenvalue weighted by atomic mass is 16.5. The summed E-state index contributed by atoms with van der Waals surface area (Å²) >= 11 is 0. The number of likely N-dealkylation sites (tertiary alicyclic amines) is 1. The third-order valence-corrected chi connectivity index (χ3v) is 3.16. The standard InChI is InChI=1S/C14H15NO4/c1-19-14(18)12-11(16)7-8-15(13(12)17)9-10-5-3-2-4-6-10/h2-6,12H,7-9H2,1H3/t12-/m0/s1. The van der Waals surface area contributed by atoms with Crippen molar-refractivity contribution in [3.63, 3.8) is 0 Å². The van der Waals surface area contributed by atoms with Crippen molar-refractivity contribution in [3.8, 4) is 0 Å². The van der Waals surface area contributed by atoms with E-state index in [1.165, 1.54) is 12.0 Å². The fraction of sp³-hybridized carbons (Fsp3) is 0.357. The number of hydrogen-bond donors (Lipinski definition) is 0. The molecule has 100 valence electrons. The maximum Gasteiger partial charge on any atom is 0.325 e. The van der Waals surface area contributed by atoms with Gasteiger partial charge in [-0.15, -0.1) is 0 Å². The smallest absolute Gasteiger partial charge is 0.325 e. The van der Waals surface area contributed by atoms with E-state index in [1.807, 2.05) is 30.3 Å². The minimum atomic E-state index is -1.29. The van der Waals surface area contributed by atoms with Crippen LogP contribution in [0.2, 0.25) is 0 Å². The largest absolute Gasteiger partial charge is 0.468 e. The van der Waals surface area contributed by atoms with Gasteiger partial charge in [-0.25, -0.2) is 0 Å². The lowest BCUT2D eigenvalue weighted by Gasteiger charge is -2.30. The van der Waals surface area contributed by atoms with Crippen molar-refractivity contribution in [1.82, 2.24) is 4.90 Å². The molecule has 1 aromatic rings. The third kappa shape index (κ3) is 2.81. The zero-order chi connectivity index (χ0) is 13.8. The van der Waals surface area contributed by atoms with Crippen LogP contribution in [0.5, 0.6) is 0 Å². The summed E-state index contributed by atoms with van der Waals surface area (Å²) in [7, 11) is 1.18. The van der Waals surface area contributed by atoms with Crippen LogP contribution in [-0.2, 0) is 25.7 Å². The van der Waals surface area contributed by atoms with Crippen LogP contribution in [0.4, 0.5) is 0 Å². The molecular weight excluding hydrogens is 246 g/mol. The van der Waals surface area contributed by atoms with Gasteiger partial charge in [0, 0.05) is 19.5 Å². The molecule has 1 aliphatic rings. The van der Waals surface area contributed by atoms with Gasteiger partial charge in [0.2, 0.25) is 5.91 Å². The van der Waals surface area contributed by atoms with Gasteiger partial charge in [-0.3, -0.25) is 14.4 Å². The van der Waals surface area contributed by atoms with E-state index in [4.69, 9.17) is 0 Å². The SMILES string of the molecule is COC(=O)[C@H]1C(=O)CCN(Cc2ccccc2)C1=O. The molecule has 1 saturated heterocycles. The second-order valence-electron chi connectivity index (χ2n) is 4.42. The van der Waals surface area contributed by atoms with Crippen LogP contribution in [0.1, 0.15) is 12.0 Å². The molecule has 0 aliphatic carbocycles. The molecule has 1 aromatic carbocycles. The van der Waals surface area contributed by atoms with Crippen molar-refractivity contribution in [2.75, 3.05) is 13.7 Å². The van der Waals surface area contributed by atoms with E-state index >= 15 is 0 Å². The van der Waals surface area contributed by atoms with Gasteiger partial charge in [0.15, 0.2) is 11.7 Å².